The number of hydrogen-bond donors (Lipinski definition) is 1. The van der Waals surface area contributed by atoms with Crippen molar-refractivity contribution in [2.24, 2.45) is 5.10 Å². The van der Waals surface area contributed by atoms with Gasteiger partial charge in [0.1, 0.15) is 23.3 Å². The fourth-order valence-corrected chi connectivity index (χ4v) is 2.45. The van der Waals surface area contributed by atoms with Gasteiger partial charge in [0.05, 0.1) is 17.3 Å². The summed E-state index contributed by atoms with van der Waals surface area (Å²) in [5, 5.41) is 12.7. The molecular weight excluding hydrogens is 399 g/mol. The molecule has 30 heavy (non-hydrogen) atoms. The average molecular weight is 413 g/mol. The predicted molar refractivity (Wildman–Crippen MR) is 102 cm³/mol. The zero-order chi connectivity index (χ0) is 21.6. The van der Waals surface area contributed by atoms with E-state index < -0.39 is 17.6 Å². The van der Waals surface area contributed by atoms with E-state index in [9.17, 15) is 18.0 Å². The Hall–Kier alpha value is -4.06. The number of amides is 1. The van der Waals surface area contributed by atoms with Crippen LogP contribution in [0.3, 0.4) is 0 Å². The molecule has 152 valence electrons. The number of rotatable bonds is 6. The van der Waals surface area contributed by atoms with Crippen LogP contribution in [0.4, 0.5) is 13.2 Å². The normalized spacial score (nSPS) is 11.3. The molecule has 0 aliphatic rings. The first-order valence-electron chi connectivity index (χ1n) is 8.58. The molecule has 3 aromatic rings. The van der Waals surface area contributed by atoms with Gasteiger partial charge < -0.3 is 9.15 Å². The largest absolute Gasteiger partial charge is 0.482 e. The number of nitrogens with one attached hydrogen (secondary N) is 1. The molecule has 0 radical (unpaired) electrons. The van der Waals surface area contributed by atoms with Crippen molar-refractivity contribution in [3.63, 3.8) is 0 Å². The molecule has 1 heterocycles. The van der Waals surface area contributed by atoms with E-state index in [2.05, 4.69) is 10.5 Å². The smallest absolute Gasteiger partial charge is 0.416 e. The lowest BCUT2D eigenvalue weighted by Gasteiger charge is -2.07. The highest BCUT2D eigenvalue weighted by molar-refractivity contribution is 5.81. The van der Waals surface area contributed by atoms with Crippen molar-refractivity contribution >= 4 is 12.1 Å². The molecule has 0 atom stereocenters. The van der Waals surface area contributed by atoms with Gasteiger partial charge >= 0.3 is 6.18 Å². The molecule has 9 heteroatoms. The van der Waals surface area contributed by atoms with E-state index in [1.807, 2.05) is 6.07 Å². The molecule has 6 nitrogen and oxygen atoms in total. The maximum atomic E-state index is 12.8. The van der Waals surface area contributed by atoms with Crippen LogP contribution in [0.25, 0.3) is 11.3 Å². The van der Waals surface area contributed by atoms with Crippen molar-refractivity contribution in [1.82, 2.24) is 5.43 Å². The van der Waals surface area contributed by atoms with Gasteiger partial charge in [-0.15, -0.1) is 0 Å². The molecule has 0 aliphatic carbocycles. The Morgan fingerprint density at radius 3 is 2.73 bits per heavy atom. The van der Waals surface area contributed by atoms with Gasteiger partial charge in [-0.2, -0.15) is 23.5 Å². The zero-order valence-electron chi connectivity index (χ0n) is 15.3. The lowest BCUT2D eigenvalue weighted by molar-refractivity contribution is -0.137. The third-order valence-electron chi connectivity index (χ3n) is 3.85. The van der Waals surface area contributed by atoms with Crippen LogP contribution < -0.4 is 10.2 Å². The quantitative estimate of drug-likeness (QED) is 0.480. The molecule has 1 aromatic heterocycles. The monoisotopic (exact) mass is 413 g/mol. The second-order valence-electron chi connectivity index (χ2n) is 5.97. The first kappa shape index (κ1) is 20.7. The first-order chi connectivity index (χ1) is 14.4. The van der Waals surface area contributed by atoms with E-state index in [4.69, 9.17) is 14.4 Å². The van der Waals surface area contributed by atoms with Crippen LogP contribution in [0.2, 0.25) is 0 Å². The maximum absolute atomic E-state index is 12.8. The molecule has 0 saturated heterocycles. The van der Waals surface area contributed by atoms with Crippen LogP contribution in [0.5, 0.6) is 5.75 Å². The predicted octanol–water partition coefficient (Wildman–Crippen LogP) is 4.37. The molecule has 0 unspecified atom stereocenters. The van der Waals surface area contributed by atoms with Gasteiger partial charge in [0.15, 0.2) is 6.61 Å². The number of hydrogen-bond acceptors (Lipinski definition) is 5. The molecule has 0 fully saturated rings. The standard InChI is InChI=1S/C21H14F3N3O3/c22-21(23,24)16-6-3-5-14(10-16)19-9-8-17(30-19)12-26-27-20(28)13-29-18-7-2-1-4-15(18)11-25/h1-10,12H,13H2,(H,27,28)/b26-12-. The average Bonchev–Trinajstić information content (AvgIpc) is 3.21. The number of benzene rings is 2. The van der Waals surface area contributed by atoms with Gasteiger partial charge in [-0.1, -0.05) is 24.3 Å². The van der Waals surface area contributed by atoms with Crippen LogP contribution in [-0.4, -0.2) is 18.7 Å². The van der Waals surface area contributed by atoms with Gasteiger partial charge in [0.25, 0.3) is 5.91 Å². The lowest BCUT2D eigenvalue weighted by atomic mass is 10.1. The number of ether oxygens (including phenoxy) is 1. The summed E-state index contributed by atoms with van der Waals surface area (Å²) in [4.78, 5) is 11.8. The summed E-state index contributed by atoms with van der Waals surface area (Å²) in [6.45, 7) is -0.357. The summed E-state index contributed by atoms with van der Waals surface area (Å²) in [6, 6.07) is 16.2. The number of hydrazone groups is 1. The second kappa shape index (κ2) is 8.96. The summed E-state index contributed by atoms with van der Waals surface area (Å²) in [7, 11) is 0. The van der Waals surface area contributed by atoms with Gasteiger partial charge in [0.2, 0.25) is 0 Å². The topological polar surface area (TPSA) is 87.6 Å². The highest BCUT2D eigenvalue weighted by Gasteiger charge is 2.30. The molecule has 0 aliphatic heterocycles. The number of para-hydroxylation sites is 1. The minimum atomic E-state index is -4.45. The highest BCUT2D eigenvalue weighted by atomic mass is 19.4. The number of furan rings is 1. The van der Waals surface area contributed by atoms with E-state index >= 15 is 0 Å². The number of alkyl halides is 3. The number of carbonyl (C=O) groups excluding carboxylic acids is 1. The maximum Gasteiger partial charge on any atom is 0.416 e. The molecule has 0 spiro atoms. The third kappa shape index (κ3) is 5.26. The summed E-state index contributed by atoms with van der Waals surface area (Å²) >= 11 is 0. The number of carbonyl (C=O) groups is 1. The molecule has 0 saturated carbocycles. The number of halogens is 3. The van der Waals surface area contributed by atoms with Crippen LogP contribution in [-0.2, 0) is 11.0 Å². The van der Waals surface area contributed by atoms with Crippen LogP contribution in [0.1, 0.15) is 16.9 Å². The van der Waals surface area contributed by atoms with Gasteiger partial charge in [-0.05, 0) is 36.4 Å². The third-order valence-corrected chi connectivity index (χ3v) is 3.85. The Balaban J connectivity index is 1.57. The van der Waals surface area contributed by atoms with E-state index in [-0.39, 0.29) is 29.4 Å². The fourth-order valence-electron chi connectivity index (χ4n) is 2.45. The Kier molecular flexibility index (Phi) is 6.17. The van der Waals surface area contributed by atoms with Crippen molar-refractivity contribution in [1.29, 1.82) is 5.26 Å². The molecule has 1 amide bonds. The zero-order valence-corrected chi connectivity index (χ0v) is 15.3. The lowest BCUT2D eigenvalue weighted by Crippen LogP contribution is -2.24. The van der Waals surface area contributed by atoms with Crippen LogP contribution >= 0.6 is 0 Å². The van der Waals surface area contributed by atoms with E-state index in [1.54, 1.807) is 24.3 Å². The Bertz CT molecular complexity index is 1110. The fraction of sp³-hybridized carbons (Fsp3) is 0.0952. The van der Waals surface area contributed by atoms with Crippen molar-refractivity contribution in [2.45, 2.75) is 6.18 Å². The van der Waals surface area contributed by atoms with Gasteiger partial charge in [-0.25, -0.2) is 5.43 Å². The molecule has 3 rings (SSSR count). The van der Waals surface area contributed by atoms with E-state index in [1.165, 1.54) is 30.5 Å². The molecular formula is C21H14F3N3O3. The second-order valence-corrected chi connectivity index (χ2v) is 5.97. The minimum Gasteiger partial charge on any atom is -0.482 e. The molecule has 1 N–H and O–H groups in total. The number of nitriles is 1. The molecule has 0 bridgehead atoms. The summed E-state index contributed by atoms with van der Waals surface area (Å²) in [6.07, 6.45) is -3.24. The Labute approximate surface area is 169 Å². The summed E-state index contributed by atoms with van der Waals surface area (Å²) in [5.41, 5.74) is 2.01. The van der Waals surface area contributed by atoms with Gasteiger partial charge in [0, 0.05) is 5.56 Å². The van der Waals surface area contributed by atoms with E-state index in [0.29, 0.717) is 5.56 Å². The van der Waals surface area contributed by atoms with Gasteiger partial charge in [-0.3, -0.25) is 4.79 Å². The Morgan fingerprint density at radius 2 is 1.97 bits per heavy atom. The van der Waals surface area contributed by atoms with Crippen LogP contribution in [0.15, 0.2) is 70.2 Å². The highest BCUT2D eigenvalue weighted by Crippen LogP contribution is 2.32. The van der Waals surface area contributed by atoms with Crippen molar-refractivity contribution in [2.75, 3.05) is 6.61 Å². The number of nitrogens with zero attached hydrogens (tertiary/aromatic N) is 2. The Morgan fingerprint density at radius 1 is 1.17 bits per heavy atom. The van der Waals surface area contributed by atoms with Crippen molar-refractivity contribution in [3.05, 3.63) is 77.6 Å². The summed E-state index contributed by atoms with van der Waals surface area (Å²) < 4.78 is 49.2. The van der Waals surface area contributed by atoms with Crippen molar-refractivity contribution < 1.29 is 27.1 Å². The minimum absolute atomic E-state index is 0.227. The van der Waals surface area contributed by atoms with Crippen LogP contribution in [0, 0.1) is 11.3 Å². The van der Waals surface area contributed by atoms with E-state index in [0.717, 1.165) is 12.1 Å². The molecule has 2 aromatic carbocycles. The summed E-state index contributed by atoms with van der Waals surface area (Å²) in [5.74, 6) is 0.170. The van der Waals surface area contributed by atoms with Crippen molar-refractivity contribution in [3.8, 4) is 23.1 Å². The first-order valence-corrected chi connectivity index (χ1v) is 8.58. The SMILES string of the molecule is N#Cc1ccccc1OCC(=O)N/N=C\c1ccc(-c2cccc(C(F)(F)F)c2)o1.